The van der Waals surface area contributed by atoms with Gasteiger partial charge in [0.1, 0.15) is 0 Å². The summed E-state index contributed by atoms with van der Waals surface area (Å²) in [5.74, 6) is 0. The van der Waals surface area contributed by atoms with E-state index in [1.54, 1.807) is 12.4 Å². The number of carbonyl (C=O) groups excluding carboxylic acids is 1. The van der Waals surface area contributed by atoms with E-state index in [0.717, 1.165) is 16.8 Å². The lowest BCUT2D eigenvalue weighted by atomic mass is 9.85. The number of amides is 1. The predicted molar refractivity (Wildman–Crippen MR) is 91.7 cm³/mol. The van der Waals surface area contributed by atoms with Crippen LogP contribution >= 0.6 is 0 Å². The van der Waals surface area contributed by atoms with Gasteiger partial charge < -0.3 is 4.74 Å². The highest BCUT2D eigenvalue weighted by molar-refractivity contribution is 6.08. The van der Waals surface area contributed by atoms with Gasteiger partial charge in [-0.25, -0.2) is 4.79 Å². The van der Waals surface area contributed by atoms with Crippen LogP contribution in [-0.2, 0) is 11.2 Å². The molecule has 0 radical (unpaired) electrons. The molecule has 4 nitrogen and oxygen atoms in total. The van der Waals surface area contributed by atoms with Crippen molar-refractivity contribution in [3.63, 3.8) is 0 Å². The van der Waals surface area contributed by atoms with E-state index in [9.17, 15) is 4.79 Å². The monoisotopic (exact) mass is 310 g/mol. The molecule has 0 unspecified atom stereocenters. The fourth-order valence-electron chi connectivity index (χ4n) is 2.19. The number of aromatic nitrogens is 1. The predicted octanol–water partition coefficient (Wildman–Crippen LogP) is 4.30. The van der Waals surface area contributed by atoms with Crippen molar-refractivity contribution in [3.8, 4) is 0 Å². The number of aliphatic imine (C=N–C) groups is 1. The summed E-state index contributed by atoms with van der Waals surface area (Å²) >= 11 is 0. The Balaban J connectivity index is 2.03. The topological polar surface area (TPSA) is 51.5 Å². The van der Waals surface area contributed by atoms with E-state index in [0.29, 0.717) is 13.0 Å². The number of carbonyl (C=O) groups is 1. The minimum absolute atomic E-state index is 0.245. The van der Waals surface area contributed by atoms with Gasteiger partial charge in [0, 0.05) is 24.2 Å². The lowest BCUT2D eigenvalue weighted by Gasteiger charge is -2.21. The molecule has 4 heteroatoms. The number of hydrogen-bond donors (Lipinski definition) is 0. The fourth-order valence-corrected chi connectivity index (χ4v) is 2.19. The molecule has 2 aromatic rings. The van der Waals surface area contributed by atoms with Crippen molar-refractivity contribution in [1.29, 1.82) is 0 Å². The Kier molecular flexibility index (Phi) is 5.63. The number of benzene rings is 1. The molecule has 0 spiro atoms. The normalized spacial score (nSPS) is 12.0. The molecular weight excluding hydrogens is 288 g/mol. The van der Waals surface area contributed by atoms with Gasteiger partial charge in [-0.1, -0.05) is 51.1 Å². The summed E-state index contributed by atoms with van der Waals surface area (Å²) in [5, 5.41) is 0. The van der Waals surface area contributed by atoms with E-state index in [1.807, 2.05) is 63.2 Å². The molecule has 1 amide bonds. The van der Waals surface area contributed by atoms with Crippen LogP contribution in [0.25, 0.3) is 0 Å². The van der Waals surface area contributed by atoms with Crippen molar-refractivity contribution in [2.75, 3.05) is 6.61 Å². The van der Waals surface area contributed by atoms with Crippen molar-refractivity contribution < 1.29 is 9.53 Å². The summed E-state index contributed by atoms with van der Waals surface area (Å²) in [6, 6.07) is 13.5. The zero-order valence-corrected chi connectivity index (χ0v) is 13.8. The average Bonchev–Trinajstić information content (AvgIpc) is 2.53. The molecule has 0 saturated carbocycles. The number of pyridine rings is 1. The fraction of sp³-hybridized carbons (Fsp3) is 0.316. The van der Waals surface area contributed by atoms with Gasteiger partial charge in [0.05, 0.1) is 12.3 Å². The molecule has 23 heavy (non-hydrogen) atoms. The maximum absolute atomic E-state index is 12.0. The Labute approximate surface area is 137 Å². The maximum Gasteiger partial charge on any atom is 0.433 e. The van der Waals surface area contributed by atoms with Gasteiger partial charge >= 0.3 is 6.09 Å². The largest absolute Gasteiger partial charge is 0.448 e. The van der Waals surface area contributed by atoms with Crippen LogP contribution in [0, 0.1) is 5.41 Å². The minimum Gasteiger partial charge on any atom is -0.448 e. The third-order valence-electron chi connectivity index (χ3n) is 3.33. The van der Waals surface area contributed by atoms with E-state index >= 15 is 0 Å². The first-order valence-electron chi connectivity index (χ1n) is 7.67. The van der Waals surface area contributed by atoms with Crippen molar-refractivity contribution in [1.82, 2.24) is 4.98 Å². The first-order valence-corrected chi connectivity index (χ1v) is 7.67. The van der Waals surface area contributed by atoms with Gasteiger partial charge in [-0.3, -0.25) is 4.98 Å². The van der Waals surface area contributed by atoms with Crippen LogP contribution in [0.2, 0.25) is 0 Å². The Hall–Kier alpha value is -2.49. The van der Waals surface area contributed by atoms with Crippen LogP contribution in [-0.4, -0.2) is 23.4 Å². The van der Waals surface area contributed by atoms with Gasteiger partial charge in [-0.2, -0.15) is 4.99 Å². The van der Waals surface area contributed by atoms with Crippen molar-refractivity contribution >= 4 is 11.8 Å². The second kappa shape index (κ2) is 7.68. The van der Waals surface area contributed by atoms with E-state index < -0.39 is 6.09 Å². The highest BCUT2D eigenvalue weighted by atomic mass is 16.5. The number of nitrogens with zero attached hydrogens (tertiary/aromatic N) is 2. The summed E-state index contributed by atoms with van der Waals surface area (Å²) in [5.41, 5.74) is 2.50. The van der Waals surface area contributed by atoms with E-state index in [2.05, 4.69) is 9.98 Å². The third kappa shape index (κ3) is 5.33. The van der Waals surface area contributed by atoms with Gasteiger partial charge in [-0.05, 0) is 23.3 Å². The molecule has 0 aliphatic heterocycles. The standard InChI is InChI=1S/C19H22N2O2/c1-19(2,3)17(16-7-5-4-6-8-16)21-18(22)23-14-11-15-9-12-20-13-10-15/h4-10,12-13H,11,14H2,1-3H3. The zero-order valence-electron chi connectivity index (χ0n) is 13.8. The maximum atomic E-state index is 12.0. The molecule has 2 rings (SSSR count). The Morgan fingerprint density at radius 3 is 2.35 bits per heavy atom. The molecule has 0 saturated heterocycles. The lowest BCUT2D eigenvalue weighted by Crippen LogP contribution is -2.23. The smallest absolute Gasteiger partial charge is 0.433 e. The molecule has 120 valence electrons. The summed E-state index contributed by atoms with van der Waals surface area (Å²) < 4.78 is 5.25. The van der Waals surface area contributed by atoms with Crippen LogP contribution in [0.1, 0.15) is 31.9 Å². The van der Waals surface area contributed by atoms with Gasteiger partial charge in [-0.15, -0.1) is 0 Å². The first kappa shape index (κ1) is 16.9. The minimum atomic E-state index is -0.548. The van der Waals surface area contributed by atoms with Crippen LogP contribution in [0.3, 0.4) is 0 Å². The van der Waals surface area contributed by atoms with Crippen LogP contribution in [0.4, 0.5) is 4.79 Å². The van der Waals surface area contributed by atoms with E-state index in [4.69, 9.17) is 4.74 Å². The Morgan fingerprint density at radius 1 is 1.09 bits per heavy atom. The van der Waals surface area contributed by atoms with Crippen molar-refractivity contribution in [3.05, 3.63) is 66.0 Å². The number of hydrogen-bond acceptors (Lipinski definition) is 3. The van der Waals surface area contributed by atoms with Crippen LogP contribution in [0.15, 0.2) is 59.9 Å². The summed E-state index contributed by atoms with van der Waals surface area (Å²) in [6.45, 7) is 6.40. The molecule has 0 aliphatic carbocycles. The van der Waals surface area contributed by atoms with E-state index in [-0.39, 0.29) is 5.41 Å². The highest BCUT2D eigenvalue weighted by Crippen LogP contribution is 2.22. The number of rotatable bonds is 4. The van der Waals surface area contributed by atoms with Gasteiger partial charge in [0.25, 0.3) is 0 Å². The van der Waals surface area contributed by atoms with Gasteiger partial charge in [0.15, 0.2) is 0 Å². The molecule has 1 heterocycles. The zero-order chi connectivity index (χ0) is 16.7. The Morgan fingerprint density at radius 2 is 1.74 bits per heavy atom. The van der Waals surface area contributed by atoms with Crippen molar-refractivity contribution in [2.45, 2.75) is 27.2 Å². The SMILES string of the molecule is CC(C)(C)C(=NC(=O)OCCc1ccncc1)c1ccccc1. The number of ether oxygens (including phenoxy) is 1. The molecule has 1 aromatic carbocycles. The van der Waals surface area contributed by atoms with E-state index in [1.165, 1.54) is 0 Å². The highest BCUT2D eigenvalue weighted by Gasteiger charge is 2.22. The quantitative estimate of drug-likeness (QED) is 0.791. The van der Waals surface area contributed by atoms with Crippen LogP contribution in [0.5, 0.6) is 0 Å². The molecule has 1 aromatic heterocycles. The molecule has 0 aliphatic rings. The van der Waals surface area contributed by atoms with Crippen molar-refractivity contribution in [2.24, 2.45) is 10.4 Å². The second-order valence-corrected chi connectivity index (χ2v) is 6.30. The molecular formula is C19H22N2O2. The molecule has 0 fully saturated rings. The summed E-state index contributed by atoms with van der Waals surface area (Å²) in [6.07, 6.45) is 3.55. The Bertz CT molecular complexity index is 659. The van der Waals surface area contributed by atoms with Crippen LogP contribution < -0.4 is 0 Å². The first-order chi connectivity index (χ1) is 11.0. The summed E-state index contributed by atoms with van der Waals surface area (Å²) in [4.78, 5) is 20.2. The second-order valence-electron chi connectivity index (χ2n) is 6.30. The molecule has 0 bridgehead atoms. The van der Waals surface area contributed by atoms with Gasteiger partial charge in [0.2, 0.25) is 0 Å². The summed E-state index contributed by atoms with van der Waals surface area (Å²) in [7, 11) is 0. The third-order valence-corrected chi connectivity index (χ3v) is 3.33. The molecule has 0 N–H and O–H groups in total. The molecule has 0 atom stereocenters. The lowest BCUT2D eigenvalue weighted by molar-refractivity contribution is 0.158. The average molecular weight is 310 g/mol.